The number of benzene rings is 1. The van der Waals surface area contributed by atoms with Gasteiger partial charge in [-0.15, -0.1) is 22.9 Å². The Morgan fingerprint density at radius 2 is 2.14 bits per heavy atom. The molecule has 0 spiro atoms. The highest BCUT2D eigenvalue weighted by Crippen LogP contribution is 2.34. The minimum Gasteiger partial charge on any atom is -0.298 e. The minimum atomic E-state index is -4.62. The molecule has 2 rings (SSSR count). The van der Waals surface area contributed by atoms with Gasteiger partial charge in [-0.1, -0.05) is 15.9 Å². The van der Waals surface area contributed by atoms with Crippen molar-refractivity contribution < 1.29 is 18.0 Å². The van der Waals surface area contributed by atoms with E-state index in [0.29, 0.717) is 5.69 Å². The van der Waals surface area contributed by atoms with E-state index in [1.165, 1.54) is 6.07 Å². The Labute approximate surface area is 135 Å². The lowest BCUT2D eigenvalue weighted by Crippen LogP contribution is -2.18. The average molecular weight is 400 g/mol. The van der Waals surface area contributed by atoms with Gasteiger partial charge in [0.2, 0.25) is 0 Å². The van der Waals surface area contributed by atoms with Crippen LogP contribution < -0.4 is 5.32 Å². The van der Waals surface area contributed by atoms with Crippen LogP contribution in [0.1, 0.15) is 21.6 Å². The molecule has 0 fully saturated rings. The number of nitrogens with zero attached hydrogens (tertiary/aromatic N) is 1. The van der Waals surface area contributed by atoms with Gasteiger partial charge in [0, 0.05) is 9.85 Å². The summed E-state index contributed by atoms with van der Waals surface area (Å²) < 4.78 is 39.1. The van der Waals surface area contributed by atoms with Gasteiger partial charge in [0.05, 0.1) is 22.7 Å². The third-order valence-electron chi connectivity index (χ3n) is 2.44. The van der Waals surface area contributed by atoms with Crippen molar-refractivity contribution in [3.05, 3.63) is 44.9 Å². The molecule has 1 aromatic carbocycles. The van der Waals surface area contributed by atoms with E-state index in [4.69, 9.17) is 11.6 Å². The van der Waals surface area contributed by atoms with Crippen LogP contribution in [-0.4, -0.2) is 10.9 Å². The first kappa shape index (κ1) is 16.3. The molecule has 0 aliphatic heterocycles. The fourth-order valence-electron chi connectivity index (χ4n) is 1.54. The minimum absolute atomic E-state index is 0.165. The zero-order chi connectivity index (χ0) is 15.6. The fraction of sp³-hybridized carbons (Fsp3) is 0.167. The Bertz CT molecular complexity index is 675. The SMILES string of the molecule is O=C(Nc1nc(CCl)cs1)c1ccc(Br)cc1C(F)(F)F. The predicted molar refractivity (Wildman–Crippen MR) is 78.8 cm³/mol. The van der Waals surface area contributed by atoms with Crippen LogP contribution in [0.5, 0.6) is 0 Å². The summed E-state index contributed by atoms with van der Waals surface area (Å²) in [7, 11) is 0. The van der Waals surface area contributed by atoms with Crippen molar-refractivity contribution in [3.63, 3.8) is 0 Å². The molecule has 9 heteroatoms. The molecular formula is C12H7BrClF3N2OS. The molecule has 2 aromatic rings. The molecule has 3 nitrogen and oxygen atoms in total. The molecule has 0 aliphatic carbocycles. The van der Waals surface area contributed by atoms with Crippen molar-refractivity contribution in [2.24, 2.45) is 0 Å². The van der Waals surface area contributed by atoms with Gasteiger partial charge in [-0.05, 0) is 18.2 Å². The Balaban J connectivity index is 2.30. The van der Waals surface area contributed by atoms with Gasteiger partial charge in [-0.3, -0.25) is 10.1 Å². The van der Waals surface area contributed by atoms with Crippen molar-refractivity contribution in [1.29, 1.82) is 0 Å². The largest absolute Gasteiger partial charge is 0.417 e. The highest BCUT2D eigenvalue weighted by atomic mass is 79.9. The lowest BCUT2D eigenvalue weighted by Gasteiger charge is -2.12. The van der Waals surface area contributed by atoms with Crippen molar-refractivity contribution in [3.8, 4) is 0 Å². The van der Waals surface area contributed by atoms with E-state index in [2.05, 4.69) is 26.2 Å². The first-order chi connectivity index (χ1) is 9.81. The highest BCUT2D eigenvalue weighted by Gasteiger charge is 2.35. The maximum atomic E-state index is 13.0. The van der Waals surface area contributed by atoms with Gasteiger partial charge in [0.25, 0.3) is 5.91 Å². The van der Waals surface area contributed by atoms with Gasteiger partial charge >= 0.3 is 6.18 Å². The van der Waals surface area contributed by atoms with Crippen LogP contribution in [0.15, 0.2) is 28.1 Å². The molecule has 0 saturated carbocycles. The molecule has 1 amide bonds. The Morgan fingerprint density at radius 1 is 1.43 bits per heavy atom. The fourth-order valence-corrected chi connectivity index (χ4v) is 2.83. The van der Waals surface area contributed by atoms with E-state index in [1.54, 1.807) is 5.38 Å². The highest BCUT2D eigenvalue weighted by molar-refractivity contribution is 9.10. The summed E-state index contributed by atoms with van der Waals surface area (Å²) in [5.41, 5.74) is -0.930. The van der Waals surface area contributed by atoms with Crippen molar-refractivity contribution in [2.45, 2.75) is 12.1 Å². The number of halogens is 5. The number of carbonyl (C=O) groups excluding carboxylic acids is 1. The summed E-state index contributed by atoms with van der Waals surface area (Å²) in [6, 6.07) is 3.34. The van der Waals surface area contributed by atoms with E-state index in [0.717, 1.165) is 23.5 Å². The van der Waals surface area contributed by atoms with Crippen LogP contribution >= 0.6 is 38.9 Å². The molecule has 1 aromatic heterocycles. The number of carbonyl (C=O) groups is 1. The molecule has 0 atom stereocenters. The van der Waals surface area contributed by atoms with Crippen LogP contribution in [0.3, 0.4) is 0 Å². The number of amides is 1. The van der Waals surface area contributed by atoms with Gasteiger partial charge in [-0.2, -0.15) is 13.2 Å². The molecular weight excluding hydrogens is 393 g/mol. The van der Waals surface area contributed by atoms with Crippen LogP contribution in [0.25, 0.3) is 0 Å². The first-order valence-electron chi connectivity index (χ1n) is 5.49. The molecule has 0 unspecified atom stereocenters. The molecule has 1 heterocycles. The van der Waals surface area contributed by atoms with E-state index < -0.39 is 23.2 Å². The molecule has 0 bridgehead atoms. The number of alkyl halides is 4. The number of hydrogen-bond donors (Lipinski definition) is 1. The summed E-state index contributed by atoms with van der Waals surface area (Å²) in [4.78, 5) is 16.0. The van der Waals surface area contributed by atoms with Crippen LogP contribution in [0.4, 0.5) is 18.3 Å². The molecule has 0 radical (unpaired) electrons. The molecule has 0 saturated heterocycles. The number of anilines is 1. The maximum Gasteiger partial charge on any atom is 0.417 e. The van der Waals surface area contributed by atoms with Crippen molar-refractivity contribution >= 4 is 49.9 Å². The van der Waals surface area contributed by atoms with E-state index in [-0.39, 0.29) is 15.5 Å². The lowest BCUT2D eigenvalue weighted by molar-refractivity contribution is -0.137. The topological polar surface area (TPSA) is 42.0 Å². The van der Waals surface area contributed by atoms with E-state index >= 15 is 0 Å². The Morgan fingerprint density at radius 3 is 2.71 bits per heavy atom. The van der Waals surface area contributed by atoms with Gasteiger partial charge in [-0.25, -0.2) is 4.98 Å². The number of rotatable bonds is 3. The lowest BCUT2D eigenvalue weighted by atomic mass is 10.1. The molecule has 1 N–H and O–H groups in total. The first-order valence-corrected chi connectivity index (χ1v) is 7.70. The summed E-state index contributed by atoms with van der Waals surface area (Å²) in [5, 5.41) is 4.16. The summed E-state index contributed by atoms with van der Waals surface area (Å²) in [6.07, 6.45) is -4.62. The van der Waals surface area contributed by atoms with Gasteiger partial charge < -0.3 is 0 Å². The number of hydrogen-bond acceptors (Lipinski definition) is 3. The number of thiazole rings is 1. The van der Waals surface area contributed by atoms with Crippen molar-refractivity contribution in [1.82, 2.24) is 4.98 Å². The van der Waals surface area contributed by atoms with Gasteiger partial charge in [0.15, 0.2) is 5.13 Å². The molecule has 21 heavy (non-hydrogen) atoms. The van der Waals surface area contributed by atoms with Crippen LogP contribution in [0, 0.1) is 0 Å². The third-order valence-corrected chi connectivity index (χ3v) is 4.01. The maximum absolute atomic E-state index is 13.0. The van der Waals surface area contributed by atoms with E-state index in [1.807, 2.05) is 0 Å². The van der Waals surface area contributed by atoms with E-state index in [9.17, 15) is 18.0 Å². The average Bonchev–Trinajstić information content (AvgIpc) is 2.85. The third kappa shape index (κ3) is 3.96. The monoisotopic (exact) mass is 398 g/mol. The van der Waals surface area contributed by atoms with Crippen molar-refractivity contribution in [2.75, 3.05) is 5.32 Å². The smallest absolute Gasteiger partial charge is 0.298 e. The second-order valence-corrected chi connectivity index (χ2v) is 5.96. The second kappa shape index (κ2) is 6.33. The summed E-state index contributed by atoms with van der Waals surface area (Å²) in [6.45, 7) is 0. The second-order valence-electron chi connectivity index (χ2n) is 3.92. The standard InChI is InChI=1S/C12H7BrClF3N2OS/c13-6-1-2-8(9(3-6)12(15,16)17)10(20)19-11-18-7(4-14)5-21-11/h1-3,5H,4H2,(H,18,19,20). The van der Waals surface area contributed by atoms with Gasteiger partial charge in [0.1, 0.15) is 0 Å². The van der Waals surface area contributed by atoms with Crippen LogP contribution in [0.2, 0.25) is 0 Å². The Hall–Kier alpha value is -1.12. The Kier molecular flexibility index (Phi) is 4.90. The number of nitrogens with one attached hydrogen (secondary N) is 1. The molecule has 112 valence electrons. The number of aromatic nitrogens is 1. The zero-order valence-electron chi connectivity index (χ0n) is 10.2. The summed E-state index contributed by atoms with van der Waals surface area (Å²) in [5.74, 6) is -0.705. The summed E-state index contributed by atoms with van der Waals surface area (Å²) >= 11 is 9.63. The quantitative estimate of drug-likeness (QED) is 0.745. The molecule has 0 aliphatic rings. The normalized spacial score (nSPS) is 11.5. The predicted octanol–water partition coefficient (Wildman–Crippen LogP) is 4.92. The zero-order valence-corrected chi connectivity index (χ0v) is 13.3. The van der Waals surface area contributed by atoms with Crippen LogP contribution in [-0.2, 0) is 12.1 Å².